The summed E-state index contributed by atoms with van der Waals surface area (Å²) in [7, 11) is 1.09. The van der Waals surface area contributed by atoms with Crippen molar-refractivity contribution in [3.8, 4) is 22.4 Å². The van der Waals surface area contributed by atoms with Crippen molar-refractivity contribution in [1.82, 2.24) is 4.57 Å². The molecule has 3 aromatic rings. The van der Waals surface area contributed by atoms with Crippen LogP contribution < -0.4 is 5.43 Å². The van der Waals surface area contributed by atoms with Gasteiger partial charge in [-0.3, -0.25) is 4.79 Å². The molecule has 33 heavy (non-hydrogen) atoms. The van der Waals surface area contributed by atoms with Gasteiger partial charge in [0.25, 0.3) is 0 Å². The molecular weight excluding hydrogens is 463 g/mol. The van der Waals surface area contributed by atoms with E-state index in [-0.39, 0.29) is 45.2 Å². The van der Waals surface area contributed by atoms with Crippen molar-refractivity contribution in [2.45, 2.75) is 20.4 Å². The number of carbonyl (C=O) groups is 2. The van der Waals surface area contributed by atoms with Crippen molar-refractivity contribution < 1.29 is 32.6 Å². The van der Waals surface area contributed by atoms with E-state index in [1.54, 1.807) is 6.92 Å². The van der Waals surface area contributed by atoms with Gasteiger partial charge in [0.2, 0.25) is 5.43 Å². The summed E-state index contributed by atoms with van der Waals surface area (Å²) in [4.78, 5) is 37.5. The standard InChI is InChI=1S/C23H17ClF3NO5/c1-4-28-10(2)18(13-8-12(23(32)33-3)14(24)9-16(13)26)21(29)19(22(30)31)20(28)11-5-6-15(25)17(27)7-11/h5-9H,4H2,1-3H3,(H,30,31). The van der Waals surface area contributed by atoms with E-state index in [0.29, 0.717) is 0 Å². The van der Waals surface area contributed by atoms with Gasteiger partial charge in [-0.25, -0.2) is 22.8 Å². The number of esters is 1. The highest BCUT2D eigenvalue weighted by molar-refractivity contribution is 6.33. The molecule has 1 N–H and O–H groups in total. The molecule has 0 radical (unpaired) electrons. The monoisotopic (exact) mass is 479 g/mol. The molecule has 3 rings (SSSR count). The molecule has 0 spiro atoms. The summed E-state index contributed by atoms with van der Waals surface area (Å²) < 4.78 is 48.3. The molecule has 0 bridgehead atoms. The van der Waals surface area contributed by atoms with Crippen molar-refractivity contribution in [1.29, 1.82) is 0 Å². The number of hydrogen-bond acceptors (Lipinski definition) is 4. The number of halogens is 4. The third-order valence-corrected chi connectivity index (χ3v) is 5.49. The summed E-state index contributed by atoms with van der Waals surface area (Å²) in [5, 5.41) is 9.58. The van der Waals surface area contributed by atoms with Crippen LogP contribution in [0.15, 0.2) is 35.1 Å². The molecule has 0 aliphatic rings. The van der Waals surface area contributed by atoms with Gasteiger partial charge in [0.15, 0.2) is 11.6 Å². The molecule has 0 saturated heterocycles. The highest BCUT2D eigenvalue weighted by Crippen LogP contribution is 2.33. The fraction of sp³-hybridized carbons (Fsp3) is 0.174. The Kier molecular flexibility index (Phi) is 6.64. The topological polar surface area (TPSA) is 85.6 Å². The van der Waals surface area contributed by atoms with Gasteiger partial charge in [-0.05, 0) is 44.2 Å². The lowest BCUT2D eigenvalue weighted by atomic mass is 9.94. The largest absolute Gasteiger partial charge is 0.477 e. The minimum absolute atomic E-state index is 0.0493. The number of aromatic carboxylic acids is 1. The van der Waals surface area contributed by atoms with Crippen LogP contribution in [0.5, 0.6) is 0 Å². The molecule has 10 heteroatoms. The maximum absolute atomic E-state index is 14.9. The molecular formula is C23H17ClF3NO5. The molecule has 1 heterocycles. The van der Waals surface area contributed by atoms with E-state index < -0.39 is 40.4 Å². The fourth-order valence-electron chi connectivity index (χ4n) is 3.70. The number of methoxy groups -OCH3 is 1. The zero-order valence-electron chi connectivity index (χ0n) is 17.6. The number of benzene rings is 2. The van der Waals surface area contributed by atoms with Gasteiger partial charge in [-0.1, -0.05) is 11.6 Å². The first-order valence-corrected chi connectivity index (χ1v) is 9.95. The first kappa shape index (κ1) is 24.1. The number of carboxylic acids is 1. The average Bonchev–Trinajstić information content (AvgIpc) is 2.75. The first-order valence-electron chi connectivity index (χ1n) is 9.57. The zero-order chi connectivity index (χ0) is 24.6. The van der Waals surface area contributed by atoms with E-state index in [2.05, 4.69) is 4.74 Å². The van der Waals surface area contributed by atoms with Crippen LogP contribution in [0.4, 0.5) is 13.2 Å². The van der Waals surface area contributed by atoms with Gasteiger partial charge in [-0.15, -0.1) is 0 Å². The number of nitrogens with zero attached hydrogens (tertiary/aromatic N) is 1. The number of carboxylic acid groups (broad SMARTS) is 1. The predicted octanol–water partition coefficient (Wildman–Crippen LogP) is 5.07. The Labute approximate surface area is 190 Å². The summed E-state index contributed by atoms with van der Waals surface area (Å²) in [5.74, 6) is -5.87. The first-order chi connectivity index (χ1) is 15.5. The Bertz CT molecular complexity index is 1370. The molecule has 0 aliphatic carbocycles. The van der Waals surface area contributed by atoms with E-state index in [1.807, 2.05) is 0 Å². The van der Waals surface area contributed by atoms with E-state index >= 15 is 0 Å². The van der Waals surface area contributed by atoms with Gasteiger partial charge < -0.3 is 14.4 Å². The molecule has 0 saturated carbocycles. The number of aromatic nitrogens is 1. The minimum Gasteiger partial charge on any atom is -0.477 e. The van der Waals surface area contributed by atoms with Crippen LogP contribution in [0, 0.1) is 24.4 Å². The van der Waals surface area contributed by atoms with E-state index in [4.69, 9.17) is 11.6 Å². The summed E-state index contributed by atoms with van der Waals surface area (Å²) in [6, 6.07) is 4.56. The summed E-state index contributed by atoms with van der Waals surface area (Å²) >= 11 is 5.93. The molecule has 6 nitrogen and oxygen atoms in total. The van der Waals surface area contributed by atoms with Crippen molar-refractivity contribution in [3.63, 3.8) is 0 Å². The van der Waals surface area contributed by atoms with Crippen LogP contribution in [0.2, 0.25) is 5.02 Å². The van der Waals surface area contributed by atoms with Crippen LogP contribution in [0.1, 0.15) is 33.3 Å². The van der Waals surface area contributed by atoms with Gasteiger partial charge in [0, 0.05) is 23.4 Å². The highest BCUT2D eigenvalue weighted by atomic mass is 35.5. The van der Waals surface area contributed by atoms with Crippen LogP contribution in [-0.4, -0.2) is 28.7 Å². The minimum atomic E-state index is -1.65. The molecule has 0 unspecified atom stereocenters. The van der Waals surface area contributed by atoms with E-state index in [9.17, 15) is 32.7 Å². The number of ether oxygens (including phenoxy) is 1. The molecule has 172 valence electrons. The summed E-state index contributed by atoms with van der Waals surface area (Å²) in [6.07, 6.45) is 0. The fourth-order valence-corrected chi connectivity index (χ4v) is 3.92. The second-order valence-corrected chi connectivity index (χ2v) is 7.40. The molecule has 0 atom stereocenters. The van der Waals surface area contributed by atoms with Crippen molar-refractivity contribution in [3.05, 3.63) is 79.9 Å². The van der Waals surface area contributed by atoms with Crippen molar-refractivity contribution in [2.24, 2.45) is 0 Å². The molecule has 0 aliphatic heterocycles. The Morgan fingerprint density at radius 2 is 1.76 bits per heavy atom. The Morgan fingerprint density at radius 1 is 1.09 bits per heavy atom. The molecule has 1 aromatic heterocycles. The average molecular weight is 480 g/mol. The normalized spacial score (nSPS) is 10.9. The SMILES string of the molecule is CCn1c(C)c(-c2cc(C(=O)OC)c(Cl)cc2F)c(=O)c(C(=O)O)c1-c1ccc(F)c(F)c1. The zero-order valence-corrected chi connectivity index (χ0v) is 18.4. The van der Waals surface area contributed by atoms with Gasteiger partial charge in [0.05, 0.1) is 29.0 Å². The smallest absolute Gasteiger partial charge is 0.341 e. The molecule has 0 amide bonds. The maximum atomic E-state index is 14.9. The Morgan fingerprint density at radius 3 is 2.30 bits per heavy atom. The lowest BCUT2D eigenvalue weighted by molar-refractivity contribution is 0.0600. The number of pyridine rings is 1. The van der Waals surface area contributed by atoms with Crippen LogP contribution in [-0.2, 0) is 11.3 Å². The lowest BCUT2D eigenvalue weighted by Gasteiger charge is -2.21. The highest BCUT2D eigenvalue weighted by Gasteiger charge is 2.28. The third kappa shape index (κ3) is 4.11. The lowest BCUT2D eigenvalue weighted by Crippen LogP contribution is -2.25. The maximum Gasteiger partial charge on any atom is 0.341 e. The second-order valence-electron chi connectivity index (χ2n) is 6.99. The van der Waals surface area contributed by atoms with Crippen LogP contribution >= 0.6 is 11.6 Å². The van der Waals surface area contributed by atoms with E-state index in [1.165, 1.54) is 11.5 Å². The number of hydrogen-bond donors (Lipinski definition) is 1. The van der Waals surface area contributed by atoms with Crippen molar-refractivity contribution in [2.75, 3.05) is 7.11 Å². The summed E-state index contributed by atoms with van der Waals surface area (Å²) in [6.45, 7) is 3.18. The van der Waals surface area contributed by atoms with Crippen molar-refractivity contribution >= 4 is 23.5 Å². The second kappa shape index (κ2) is 9.11. The number of rotatable bonds is 5. The summed E-state index contributed by atoms with van der Waals surface area (Å²) in [5.41, 5.74) is -2.81. The van der Waals surface area contributed by atoms with Gasteiger partial charge >= 0.3 is 11.9 Å². The Balaban J connectivity index is 2.48. The molecule has 0 fully saturated rings. The number of carbonyl (C=O) groups excluding carboxylic acids is 1. The van der Waals surface area contributed by atoms with Crippen LogP contribution in [0.3, 0.4) is 0 Å². The van der Waals surface area contributed by atoms with Gasteiger partial charge in [0.1, 0.15) is 11.4 Å². The molecule has 2 aromatic carbocycles. The quantitative estimate of drug-likeness (QED) is 0.517. The van der Waals surface area contributed by atoms with Crippen LogP contribution in [0.25, 0.3) is 22.4 Å². The third-order valence-electron chi connectivity index (χ3n) is 5.18. The Hall–Kier alpha value is -3.59. The predicted molar refractivity (Wildman–Crippen MR) is 115 cm³/mol. The van der Waals surface area contributed by atoms with E-state index in [0.717, 1.165) is 37.4 Å². The van der Waals surface area contributed by atoms with Gasteiger partial charge in [-0.2, -0.15) is 0 Å².